The Kier molecular flexibility index (Phi) is 6.55. The molecule has 0 amide bonds. The highest BCUT2D eigenvalue weighted by atomic mass is 35.5. The maximum Gasteiger partial charge on any atom is 0.263 e. The van der Waals surface area contributed by atoms with Crippen LogP contribution in [0.25, 0.3) is 11.0 Å². The van der Waals surface area contributed by atoms with Crippen LogP contribution in [0.2, 0.25) is 5.02 Å². The SMILES string of the molecule is O=c1c(C=Nc2ccc(S(=O)(=O)NC(=S)Nc3ccccc3)cc2)coc2ccc(Cl)cc12. The Balaban J connectivity index is 1.48. The van der Waals surface area contributed by atoms with Gasteiger partial charge >= 0.3 is 0 Å². The van der Waals surface area contributed by atoms with Gasteiger partial charge in [-0.15, -0.1) is 0 Å². The third-order valence-corrected chi connectivity index (χ3v) is 6.45. The molecule has 0 spiro atoms. The Hall–Kier alpha value is -3.53. The van der Waals surface area contributed by atoms with E-state index in [0.29, 0.717) is 27.4 Å². The first-order chi connectivity index (χ1) is 15.8. The van der Waals surface area contributed by atoms with E-state index in [4.69, 9.17) is 28.2 Å². The van der Waals surface area contributed by atoms with Crippen LogP contribution < -0.4 is 15.5 Å². The lowest BCUT2D eigenvalue weighted by atomic mass is 10.2. The zero-order chi connectivity index (χ0) is 23.4. The smallest absolute Gasteiger partial charge is 0.263 e. The third-order valence-electron chi connectivity index (χ3n) is 4.52. The molecule has 0 atom stereocenters. The maximum atomic E-state index is 12.6. The molecule has 166 valence electrons. The number of para-hydroxylation sites is 1. The predicted octanol–water partition coefficient (Wildman–Crippen LogP) is 4.87. The Bertz CT molecular complexity index is 1520. The standard InChI is InChI=1S/C23H16ClN3O4S2/c24-16-6-11-21-20(12-16)22(28)15(14-31-21)13-25-17-7-9-19(10-8-17)33(29,30)27-23(32)26-18-4-2-1-3-5-18/h1-14H,(H2,26,27,32). The molecule has 1 heterocycles. The summed E-state index contributed by atoms with van der Waals surface area (Å²) in [7, 11) is -3.88. The van der Waals surface area contributed by atoms with Gasteiger partial charge in [-0.25, -0.2) is 8.42 Å². The van der Waals surface area contributed by atoms with Gasteiger partial charge in [-0.3, -0.25) is 14.5 Å². The molecule has 3 aromatic carbocycles. The van der Waals surface area contributed by atoms with Crippen molar-refractivity contribution in [2.45, 2.75) is 4.90 Å². The average molecular weight is 498 g/mol. The molecule has 4 aromatic rings. The van der Waals surface area contributed by atoms with E-state index in [9.17, 15) is 13.2 Å². The molecule has 10 heteroatoms. The fourth-order valence-electron chi connectivity index (χ4n) is 2.92. The van der Waals surface area contributed by atoms with Crippen LogP contribution in [0.5, 0.6) is 0 Å². The molecule has 33 heavy (non-hydrogen) atoms. The molecule has 7 nitrogen and oxygen atoms in total. The summed E-state index contributed by atoms with van der Waals surface area (Å²) < 4.78 is 32.9. The number of nitrogens with zero attached hydrogens (tertiary/aromatic N) is 1. The zero-order valence-corrected chi connectivity index (χ0v) is 19.2. The van der Waals surface area contributed by atoms with Crippen LogP contribution in [0.4, 0.5) is 11.4 Å². The quantitative estimate of drug-likeness (QED) is 0.301. The summed E-state index contributed by atoms with van der Waals surface area (Å²) in [6.45, 7) is 0. The lowest BCUT2D eigenvalue weighted by Gasteiger charge is -2.11. The second kappa shape index (κ2) is 9.53. The van der Waals surface area contributed by atoms with Crippen LogP contribution in [0.1, 0.15) is 5.56 Å². The number of benzene rings is 3. The molecular formula is C23H16ClN3O4S2. The summed E-state index contributed by atoms with van der Waals surface area (Å²) in [6.07, 6.45) is 2.67. The van der Waals surface area contributed by atoms with E-state index >= 15 is 0 Å². The highest BCUT2D eigenvalue weighted by Gasteiger charge is 2.15. The molecule has 0 radical (unpaired) electrons. The van der Waals surface area contributed by atoms with E-state index in [2.05, 4.69) is 15.0 Å². The molecule has 2 N–H and O–H groups in total. The first-order valence-corrected chi connectivity index (χ1v) is 11.8. The monoisotopic (exact) mass is 497 g/mol. The van der Waals surface area contributed by atoms with E-state index in [1.54, 1.807) is 36.4 Å². The molecule has 0 unspecified atom stereocenters. The summed E-state index contributed by atoms with van der Waals surface area (Å²) in [6, 6.07) is 19.6. The maximum absolute atomic E-state index is 12.6. The van der Waals surface area contributed by atoms with Crippen molar-refractivity contribution in [1.29, 1.82) is 0 Å². The Morgan fingerprint density at radius 2 is 1.76 bits per heavy atom. The topological polar surface area (TPSA) is 101 Å². The molecule has 0 saturated carbocycles. The largest absolute Gasteiger partial charge is 0.463 e. The Morgan fingerprint density at radius 1 is 1.03 bits per heavy atom. The van der Waals surface area contributed by atoms with Gasteiger partial charge in [0.05, 0.1) is 21.5 Å². The number of sulfonamides is 1. The normalized spacial score (nSPS) is 11.5. The van der Waals surface area contributed by atoms with Gasteiger partial charge in [0.2, 0.25) is 5.43 Å². The average Bonchev–Trinajstić information content (AvgIpc) is 2.79. The van der Waals surface area contributed by atoms with Crippen molar-refractivity contribution < 1.29 is 12.8 Å². The number of aliphatic imine (C=N–C) groups is 1. The van der Waals surface area contributed by atoms with Crippen molar-refractivity contribution in [1.82, 2.24) is 4.72 Å². The molecule has 0 aliphatic carbocycles. The highest BCUT2D eigenvalue weighted by molar-refractivity contribution is 7.92. The van der Waals surface area contributed by atoms with Gasteiger partial charge in [0.1, 0.15) is 11.8 Å². The van der Waals surface area contributed by atoms with Crippen LogP contribution in [0, 0.1) is 0 Å². The minimum absolute atomic E-state index is 0.0125. The molecule has 0 aliphatic rings. The van der Waals surface area contributed by atoms with Crippen molar-refractivity contribution in [3.05, 3.63) is 99.9 Å². The Labute approximate surface area is 199 Å². The number of hydrogen-bond donors (Lipinski definition) is 2. The minimum Gasteiger partial charge on any atom is -0.463 e. The van der Waals surface area contributed by atoms with Gasteiger partial charge < -0.3 is 9.73 Å². The summed E-state index contributed by atoms with van der Waals surface area (Å²) in [5.41, 5.74) is 1.49. The summed E-state index contributed by atoms with van der Waals surface area (Å²) in [4.78, 5) is 16.9. The van der Waals surface area contributed by atoms with Gasteiger partial charge in [-0.2, -0.15) is 0 Å². The number of rotatable bonds is 5. The number of halogens is 1. The number of thiocarbonyl (C=S) groups is 1. The van der Waals surface area contributed by atoms with Gasteiger partial charge in [-0.1, -0.05) is 29.8 Å². The fourth-order valence-corrected chi connectivity index (χ4v) is 4.45. The Morgan fingerprint density at radius 3 is 2.48 bits per heavy atom. The first kappa shape index (κ1) is 22.7. The van der Waals surface area contributed by atoms with Crippen LogP contribution in [-0.2, 0) is 10.0 Å². The highest BCUT2D eigenvalue weighted by Crippen LogP contribution is 2.19. The summed E-state index contributed by atoms with van der Waals surface area (Å²) >= 11 is 11.0. The lowest BCUT2D eigenvalue weighted by Crippen LogP contribution is -2.34. The molecule has 0 aliphatic heterocycles. The van der Waals surface area contributed by atoms with Gasteiger partial charge in [0.25, 0.3) is 10.0 Å². The van der Waals surface area contributed by atoms with Crippen LogP contribution in [0.3, 0.4) is 0 Å². The van der Waals surface area contributed by atoms with Gasteiger partial charge in [0, 0.05) is 16.9 Å². The third kappa shape index (κ3) is 5.46. The zero-order valence-electron chi connectivity index (χ0n) is 16.9. The molecule has 4 rings (SSSR count). The predicted molar refractivity (Wildman–Crippen MR) is 134 cm³/mol. The molecular weight excluding hydrogens is 482 g/mol. The second-order valence-electron chi connectivity index (χ2n) is 6.84. The van der Waals surface area contributed by atoms with Crippen LogP contribution >= 0.6 is 23.8 Å². The summed E-state index contributed by atoms with van der Waals surface area (Å²) in [5.74, 6) is 0. The number of fused-ring (bicyclic) bond motifs is 1. The van der Waals surface area contributed by atoms with Gasteiger partial charge in [-0.05, 0) is 66.8 Å². The van der Waals surface area contributed by atoms with Gasteiger partial charge in [0.15, 0.2) is 5.11 Å². The molecule has 1 aromatic heterocycles. The minimum atomic E-state index is -3.88. The van der Waals surface area contributed by atoms with Crippen LogP contribution in [0.15, 0.2) is 98.2 Å². The first-order valence-electron chi connectivity index (χ1n) is 9.56. The molecule has 0 saturated heterocycles. The van der Waals surface area contributed by atoms with E-state index in [0.717, 1.165) is 0 Å². The molecule has 0 fully saturated rings. The van der Waals surface area contributed by atoms with Crippen molar-refractivity contribution in [2.24, 2.45) is 4.99 Å². The number of anilines is 1. The lowest BCUT2D eigenvalue weighted by molar-refractivity contribution is 0.593. The summed E-state index contributed by atoms with van der Waals surface area (Å²) in [5, 5.41) is 3.53. The van der Waals surface area contributed by atoms with Crippen molar-refractivity contribution in [3.8, 4) is 0 Å². The van der Waals surface area contributed by atoms with E-state index in [1.807, 2.05) is 6.07 Å². The molecule has 0 bridgehead atoms. The number of hydrogen-bond acceptors (Lipinski definition) is 6. The fraction of sp³-hybridized carbons (Fsp3) is 0. The van der Waals surface area contributed by atoms with E-state index in [1.165, 1.54) is 42.8 Å². The van der Waals surface area contributed by atoms with Crippen molar-refractivity contribution in [3.63, 3.8) is 0 Å². The second-order valence-corrected chi connectivity index (χ2v) is 9.37. The van der Waals surface area contributed by atoms with E-state index < -0.39 is 10.0 Å². The van der Waals surface area contributed by atoms with Crippen molar-refractivity contribution in [2.75, 3.05) is 5.32 Å². The van der Waals surface area contributed by atoms with Crippen molar-refractivity contribution >= 4 is 67.5 Å². The van der Waals surface area contributed by atoms with E-state index in [-0.39, 0.29) is 21.0 Å². The number of nitrogens with one attached hydrogen (secondary N) is 2. The van der Waals surface area contributed by atoms with Crippen LogP contribution in [-0.4, -0.2) is 19.7 Å².